The molecule has 2 aromatic rings. The predicted octanol–water partition coefficient (Wildman–Crippen LogP) is 3.31. The van der Waals surface area contributed by atoms with Crippen molar-refractivity contribution in [3.05, 3.63) is 51.8 Å². The van der Waals surface area contributed by atoms with E-state index in [0.717, 1.165) is 16.7 Å². The molecule has 0 atom stereocenters. The van der Waals surface area contributed by atoms with E-state index in [9.17, 15) is 0 Å². The first kappa shape index (κ1) is 10.4. The maximum atomic E-state index is 4.44. The van der Waals surface area contributed by atoms with E-state index in [-0.39, 0.29) is 0 Å². The molecule has 0 saturated carbocycles. The van der Waals surface area contributed by atoms with Gasteiger partial charge in [-0.15, -0.1) is 0 Å². The van der Waals surface area contributed by atoms with Gasteiger partial charge in [0.15, 0.2) is 0 Å². The van der Waals surface area contributed by atoms with Crippen molar-refractivity contribution >= 4 is 15.9 Å². The highest BCUT2D eigenvalue weighted by atomic mass is 79.9. The summed E-state index contributed by atoms with van der Waals surface area (Å²) in [6.07, 6.45) is 0. The minimum Gasteiger partial charge on any atom is -0.265 e. The Labute approximate surface area is 98.1 Å². The van der Waals surface area contributed by atoms with Crippen LogP contribution in [-0.2, 0) is 6.54 Å². The van der Waals surface area contributed by atoms with E-state index < -0.39 is 0 Å². The maximum absolute atomic E-state index is 4.44. The third kappa shape index (κ3) is 2.48. The van der Waals surface area contributed by atoms with Crippen LogP contribution in [0.2, 0.25) is 0 Å². The van der Waals surface area contributed by atoms with E-state index >= 15 is 0 Å². The van der Waals surface area contributed by atoms with Crippen molar-refractivity contribution in [1.82, 2.24) is 9.78 Å². The second kappa shape index (κ2) is 4.19. The molecule has 0 bridgehead atoms. The van der Waals surface area contributed by atoms with Crippen molar-refractivity contribution < 1.29 is 0 Å². The van der Waals surface area contributed by atoms with Gasteiger partial charge < -0.3 is 0 Å². The van der Waals surface area contributed by atoms with E-state index in [4.69, 9.17) is 0 Å². The number of benzene rings is 1. The molecule has 1 aromatic carbocycles. The number of aromatic nitrogens is 2. The van der Waals surface area contributed by atoms with Crippen LogP contribution in [0.15, 0.2) is 34.8 Å². The van der Waals surface area contributed by atoms with E-state index in [0.29, 0.717) is 0 Å². The molecule has 0 N–H and O–H groups in total. The van der Waals surface area contributed by atoms with Gasteiger partial charge in [-0.3, -0.25) is 4.68 Å². The Morgan fingerprint density at radius 3 is 2.67 bits per heavy atom. The summed E-state index contributed by atoms with van der Waals surface area (Å²) in [6.45, 7) is 4.93. The molecule has 0 aliphatic heterocycles. The Hall–Kier alpha value is -1.09. The van der Waals surface area contributed by atoms with Gasteiger partial charge in [-0.2, -0.15) is 5.10 Å². The number of halogens is 1. The number of hydrogen-bond acceptors (Lipinski definition) is 1. The van der Waals surface area contributed by atoms with Gasteiger partial charge in [0.2, 0.25) is 0 Å². The van der Waals surface area contributed by atoms with Crippen molar-refractivity contribution in [2.24, 2.45) is 0 Å². The molecule has 0 aliphatic carbocycles. The molecule has 2 nitrogen and oxygen atoms in total. The van der Waals surface area contributed by atoms with Gasteiger partial charge in [-0.1, -0.05) is 28.1 Å². The third-order valence-electron chi connectivity index (χ3n) is 2.32. The molecule has 1 heterocycles. The Morgan fingerprint density at radius 2 is 2.07 bits per heavy atom. The summed E-state index contributed by atoms with van der Waals surface area (Å²) in [5.41, 5.74) is 3.53. The predicted molar refractivity (Wildman–Crippen MR) is 64.9 cm³/mol. The third-order valence-corrected chi connectivity index (χ3v) is 2.82. The standard InChI is InChI=1S/C12H13BrN2/c1-9-6-10(2)15(14-9)8-11-4-3-5-12(13)7-11/h3-7H,8H2,1-2H3. The van der Waals surface area contributed by atoms with Crippen molar-refractivity contribution in [3.63, 3.8) is 0 Å². The van der Waals surface area contributed by atoms with Crippen molar-refractivity contribution in [2.75, 3.05) is 0 Å². The fourth-order valence-electron chi connectivity index (χ4n) is 1.64. The van der Waals surface area contributed by atoms with Crippen LogP contribution in [0.5, 0.6) is 0 Å². The Kier molecular flexibility index (Phi) is 2.91. The zero-order chi connectivity index (χ0) is 10.8. The first-order valence-electron chi connectivity index (χ1n) is 4.90. The molecule has 0 saturated heterocycles. The summed E-state index contributed by atoms with van der Waals surface area (Å²) in [4.78, 5) is 0. The van der Waals surface area contributed by atoms with E-state index in [1.165, 1.54) is 11.3 Å². The van der Waals surface area contributed by atoms with Crippen molar-refractivity contribution in [3.8, 4) is 0 Å². The molecule has 78 valence electrons. The van der Waals surface area contributed by atoms with Crippen LogP contribution < -0.4 is 0 Å². The first-order valence-corrected chi connectivity index (χ1v) is 5.70. The normalized spacial score (nSPS) is 10.6. The average molecular weight is 265 g/mol. The summed E-state index contributed by atoms with van der Waals surface area (Å²) in [6, 6.07) is 10.4. The smallest absolute Gasteiger partial charge is 0.0662 e. The molecular weight excluding hydrogens is 252 g/mol. The molecule has 0 spiro atoms. The Morgan fingerprint density at radius 1 is 1.27 bits per heavy atom. The highest BCUT2D eigenvalue weighted by molar-refractivity contribution is 9.10. The van der Waals surface area contributed by atoms with Crippen LogP contribution in [0.25, 0.3) is 0 Å². The van der Waals surface area contributed by atoms with Crippen molar-refractivity contribution in [1.29, 1.82) is 0 Å². The first-order chi connectivity index (χ1) is 7.15. The fraction of sp³-hybridized carbons (Fsp3) is 0.250. The quantitative estimate of drug-likeness (QED) is 0.814. The fourth-order valence-corrected chi connectivity index (χ4v) is 2.09. The lowest BCUT2D eigenvalue weighted by molar-refractivity contribution is 0.659. The molecule has 1 aromatic heterocycles. The van der Waals surface area contributed by atoms with Gasteiger partial charge in [0.25, 0.3) is 0 Å². The summed E-state index contributed by atoms with van der Waals surface area (Å²) in [5.74, 6) is 0. The molecule has 0 unspecified atom stereocenters. The van der Waals surface area contributed by atoms with Gasteiger partial charge in [-0.25, -0.2) is 0 Å². The lowest BCUT2D eigenvalue weighted by Gasteiger charge is -2.04. The van der Waals surface area contributed by atoms with Crippen LogP contribution in [0.1, 0.15) is 17.0 Å². The molecule has 0 fully saturated rings. The second-order valence-electron chi connectivity index (χ2n) is 3.71. The van der Waals surface area contributed by atoms with Crippen LogP contribution in [0.4, 0.5) is 0 Å². The molecule has 2 rings (SSSR count). The largest absolute Gasteiger partial charge is 0.265 e. The molecular formula is C12H13BrN2. The summed E-state index contributed by atoms with van der Waals surface area (Å²) < 4.78 is 3.14. The lowest BCUT2D eigenvalue weighted by Crippen LogP contribution is -2.03. The maximum Gasteiger partial charge on any atom is 0.0662 e. The van der Waals surface area contributed by atoms with Crippen molar-refractivity contribution in [2.45, 2.75) is 20.4 Å². The Balaban J connectivity index is 2.25. The highest BCUT2D eigenvalue weighted by Crippen LogP contribution is 2.13. The average Bonchev–Trinajstić information content (AvgIpc) is 2.45. The van der Waals surface area contributed by atoms with Crippen LogP contribution in [0, 0.1) is 13.8 Å². The van der Waals surface area contributed by atoms with Gasteiger partial charge in [0, 0.05) is 10.2 Å². The van der Waals surface area contributed by atoms with Crippen LogP contribution >= 0.6 is 15.9 Å². The SMILES string of the molecule is Cc1cc(C)n(Cc2cccc(Br)c2)n1. The monoisotopic (exact) mass is 264 g/mol. The number of aryl methyl sites for hydroxylation is 2. The minimum absolute atomic E-state index is 0.832. The van der Waals surface area contributed by atoms with Gasteiger partial charge in [-0.05, 0) is 37.6 Å². The zero-order valence-corrected chi connectivity index (χ0v) is 10.5. The molecule has 0 radical (unpaired) electrons. The molecule has 3 heteroatoms. The molecule has 0 aliphatic rings. The summed E-state index contributed by atoms with van der Waals surface area (Å²) >= 11 is 3.47. The summed E-state index contributed by atoms with van der Waals surface area (Å²) in [5, 5.41) is 4.44. The lowest BCUT2D eigenvalue weighted by atomic mass is 10.2. The molecule has 15 heavy (non-hydrogen) atoms. The van der Waals surface area contributed by atoms with E-state index in [2.05, 4.69) is 46.2 Å². The highest BCUT2D eigenvalue weighted by Gasteiger charge is 2.01. The number of nitrogens with zero attached hydrogens (tertiary/aromatic N) is 2. The van der Waals surface area contributed by atoms with Gasteiger partial charge >= 0.3 is 0 Å². The summed E-state index contributed by atoms with van der Waals surface area (Å²) in [7, 11) is 0. The topological polar surface area (TPSA) is 17.8 Å². The Bertz CT molecular complexity index is 474. The van der Waals surface area contributed by atoms with Crippen LogP contribution in [0.3, 0.4) is 0 Å². The van der Waals surface area contributed by atoms with Gasteiger partial charge in [0.1, 0.15) is 0 Å². The number of hydrogen-bond donors (Lipinski definition) is 0. The van der Waals surface area contributed by atoms with Gasteiger partial charge in [0.05, 0.1) is 12.2 Å². The molecule has 0 amide bonds. The second-order valence-corrected chi connectivity index (χ2v) is 4.63. The minimum atomic E-state index is 0.832. The number of rotatable bonds is 2. The van der Waals surface area contributed by atoms with Crippen LogP contribution in [-0.4, -0.2) is 9.78 Å². The van der Waals surface area contributed by atoms with E-state index in [1.807, 2.05) is 23.7 Å². The van der Waals surface area contributed by atoms with E-state index in [1.54, 1.807) is 0 Å². The zero-order valence-electron chi connectivity index (χ0n) is 8.87.